The summed E-state index contributed by atoms with van der Waals surface area (Å²) in [4.78, 5) is 13.5. The highest BCUT2D eigenvalue weighted by Crippen LogP contribution is 2.50. The van der Waals surface area contributed by atoms with Gasteiger partial charge in [0.25, 0.3) is 0 Å². The molecule has 0 spiro atoms. The van der Waals surface area contributed by atoms with Crippen molar-refractivity contribution in [2.75, 3.05) is 13.2 Å². The number of benzene rings is 4. The summed E-state index contributed by atoms with van der Waals surface area (Å²) in [5.74, 6) is 0.0469. The first-order valence-electron chi connectivity index (χ1n) is 11.3. The molecule has 33 heavy (non-hydrogen) atoms. The van der Waals surface area contributed by atoms with E-state index in [1.54, 1.807) is 0 Å². The third-order valence-electron chi connectivity index (χ3n) is 6.73. The van der Waals surface area contributed by atoms with E-state index in [9.17, 15) is 15.0 Å². The Hall–Kier alpha value is -3.53. The summed E-state index contributed by atoms with van der Waals surface area (Å²) in [7, 11) is 0. The first kappa shape index (κ1) is 21.3. The van der Waals surface area contributed by atoms with Gasteiger partial charge in [-0.3, -0.25) is 4.79 Å². The van der Waals surface area contributed by atoms with Crippen LogP contribution in [0.15, 0.2) is 97.1 Å². The van der Waals surface area contributed by atoms with Gasteiger partial charge in [0.05, 0.1) is 5.41 Å². The summed E-state index contributed by atoms with van der Waals surface area (Å²) in [6.45, 7) is 0.216. The minimum atomic E-state index is -0.656. The van der Waals surface area contributed by atoms with Crippen LogP contribution in [0.5, 0.6) is 0 Å². The molecule has 0 saturated carbocycles. The van der Waals surface area contributed by atoms with Crippen molar-refractivity contribution in [3.05, 3.63) is 142 Å². The predicted octanol–water partition coefficient (Wildman–Crippen LogP) is 4.68. The SMILES string of the molecule is O=C1c2ccccc2C(c2ccc(CCO)cc2)(c2ccc(CCO)cc2)c2ccccc21. The number of carbonyl (C=O) groups is 1. The maximum atomic E-state index is 13.5. The zero-order chi connectivity index (χ0) is 22.8. The van der Waals surface area contributed by atoms with Gasteiger partial charge in [0.1, 0.15) is 0 Å². The molecule has 0 atom stereocenters. The van der Waals surface area contributed by atoms with Crippen molar-refractivity contribution in [3.63, 3.8) is 0 Å². The minimum absolute atomic E-state index is 0.0469. The lowest BCUT2D eigenvalue weighted by molar-refractivity contribution is 0.103. The fourth-order valence-corrected chi connectivity index (χ4v) is 5.20. The molecule has 0 heterocycles. The fraction of sp³-hybridized carbons (Fsp3) is 0.167. The second-order valence-electron chi connectivity index (χ2n) is 8.51. The zero-order valence-corrected chi connectivity index (χ0v) is 18.4. The van der Waals surface area contributed by atoms with Gasteiger partial charge in [0.15, 0.2) is 5.78 Å². The van der Waals surface area contributed by atoms with E-state index in [1.807, 2.05) is 36.4 Å². The fourth-order valence-electron chi connectivity index (χ4n) is 5.20. The van der Waals surface area contributed by atoms with E-state index < -0.39 is 5.41 Å². The Morgan fingerprint density at radius 2 is 0.939 bits per heavy atom. The van der Waals surface area contributed by atoms with Gasteiger partial charge >= 0.3 is 0 Å². The molecule has 5 rings (SSSR count). The normalized spacial score (nSPS) is 13.9. The third kappa shape index (κ3) is 3.41. The van der Waals surface area contributed by atoms with Gasteiger partial charge in [0, 0.05) is 24.3 Å². The molecule has 0 unspecified atom stereocenters. The Morgan fingerprint density at radius 3 is 1.33 bits per heavy atom. The van der Waals surface area contributed by atoms with E-state index in [-0.39, 0.29) is 19.0 Å². The van der Waals surface area contributed by atoms with Gasteiger partial charge in [-0.25, -0.2) is 0 Å². The van der Waals surface area contributed by atoms with Crippen LogP contribution in [0.2, 0.25) is 0 Å². The Labute approximate surface area is 194 Å². The van der Waals surface area contributed by atoms with Crippen LogP contribution in [0.3, 0.4) is 0 Å². The molecular weight excluding hydrogens is 408 g/mol. The van der Waals surface area contributed by atoms with Gasteiger partial charge in [-0.2, -0.15) is 0 Å². The molecule has 4 aromatic rings. The Balaban J connectivity index is 1.85. The second-order valence-corrected chi connectivity index (χ2v) is 8.51. The summed E-state index contributed by atoms with van der Waals surface area (Å²) in [6.07, 6.45) is 1.21. The first-order chi connectivity index (χ1) is 16.2. The highest BCUT2D eigenvalue weighted by atomic mass is 16.3. The molecule has 164 valence electrons. The monoisotopic (exact) mass is 434 g/mol. The molecule has 0 aliphatic heterocycles. The Morgan fingerprint density at radius 1 is 0.545 bits per heavy atom. The number of aliphatic hydroxyl groups is 2. The van der Waals surface area contributed by atoms with Crippen molar-refractivity contribution < 1.29 is 15.0 Å². The van der Waals surface area contributed by atoms with Gasteiger partial charge in [0.2, 0.25) is 0 Å². The largest absolute Gasteiger partial charge is 0.396 e. The molecule has 2 N–H and O–H groups in total. The molecule has 3 heteroatoms. The molecule has 1 aliphatic rings. The molecule has 0 amide bonds. The highest BCUT2D eigenvalue weighted by Gasteiger charge is 2.46. The van der Waals surface area contributed by atoms with Crippen molar-refractivity contribution in [2.24, 2.45) is 0 Å². The molecule has 3 nitrogen and oxygen atoms in total. The summed E-state index contributed by atoms with van der Waals surface area (Å²) < 4.78 is 0. The summed E-state index contributed by atoms with van der Waals surface area (Å²) >= 11 is 0. The van der Waals surface area contributed by atoms with E-state index >= 15 is 0 Å². The van der Waals surface area contributed by atoms with Crippen molar-refractivity contribution >= 4 is 5.78 Å². The quantitative estimate of drug-likeness (QED) is 0.408. The number of carbonyl (C=O) groups excluding carboxylic acids is 1. The number of hydrogen-bond acceptors (Lipinski definition) is 3. The molecular formula is C30H26O3. The van der Waals surface area contributed by atoms with Crippen LogP contribution < -0.4 is 0 Å². The Bertz CT molecular complexity index is 1190. The standard InChI is InChI=1S/C30H26O3/c31-19-17-21-9-13-23(14-10-21)30(24-15-11-22(12-16-24)18-20-32)27-7-3-1-5-25(27)29(33)26-6-2-4-8-28(26)30/h1-16,31-32H,17-20H2. The van der Waals surface area contributed by atoms with Crippen LogP contribution in [0.4, 0.5) is 0 Å². The van der Waals surface area contributed by atoms with Gasteiger partial charge < -0.3 is 10.2 Å². The molecule has 4 aromatic carbocycles. The van der Waals surface area contributed by atoms with Crippen LogP contribution in [-0.2, 0) is 18.3 Å². The lowest BCUT2D eigenvalue weighted by Crippen LogP contribution is -2.38. The predicted molar refractivity (Wildman–Crippen MR) is 130 cm³/mol. The average molecular weight is 435 g/mol. The van der Waals surface area contributed by atoms with Crippen molar-refractivity contribution in [1.29, 1.82) is 0 Å². The van der Waals surface area contributed by atoms with Crippen molar-refractivity contribution in [1.82, 2.24) is 0 Å². The topological polar surface area (TPSA) is 57.5 Å². The number of rotatable bonds is 6. The summed E-state index contributed by atoms with van der Waals surface area (Å²) in [5.41, 5.74) is 7.02. The average Bonchev–Trinajstić information content (AvgIpc) is 2.87. The third-order valence-corrected chi connectivity index (χ3v) is 6.73. The maximum Gasteiger partial charge on any atom is 0.193 e. The highest BCUT2D eigenvalue weighted by molar-refractivity contribution is 6.14. The molecule has 0 radical (unpaired) electrons. The van der Waals surface area contributed by atoms with Crippen LogP contribution in [-0.4, -0.2) is 29.2 Å². The summed E-state index contributed by atoms with van der Waals surface area (Å²) in [6, 6.07) is 32.5. The number of hydrogen-bond donors (Lipinski definition) is 2. The Kier molecular flexibility index (Phi) is 5.67. The minimum Gasteiger partial charge on any atom is -0.396 e. The maximum absolute atomic E-state index is 13.5. The number of aliphatic hydroxyl groups excluding tert-OH is 2. The van der Waals surface area contributed by atoms with Gasteiger partial charge in [-0.15, -0.1) is 0 Å². The van der Waals surface area contributed by atoms with Gasteiger partial charge in [-0.05, 0) is 46.2 Å². The molecule has 0 saturated heterocycles. The van der Waals surface area contributed by atoms with E-state index in [4.69, 9.17) is 0 Å². The lowest BCUT2D eigenvalue weighted by atomic mass is 9.59. The van der Waals surface area contributed by atoms with Crippen LogP contribution in [0, 0.1) is 0 Å². The van der Waals surface area contributed by atoms with E-state index in [1.165, 1.54) is 0 Å². The first-order valence-corrected chi connectivity index (χ1v) is 11.3. The van der Waals surface area contributed by atoms with Gasteiger partial charge in [-0.1, -0.05) is 97.1 Å². The molecule has 0 aromatic heterocycles. The lowest BCUT2D eigenvalue weighted by Gasteiger charge is -2.41. The summed E-state index contributed by atoms with van der Waals surface area (Å²) in [5, 5.41) is 18.7. The number of fused-ring (bicyclic) bond motifs is 2. The zero-order valence-electron chi connectivity index (χ0n) is 18.4. The smallest absolute Gasteiger partial charge is 0.193 e. The van der Waals surface area contributed by atoms with Crippen LogP contribution in [0.1, 0.15) is 49.3 Å². The number of ketones is 1. The van der Waals surface area contributed by atoms with Crippen LogP contribution >= 0.6 is 0 Å². The second kappa shape index (κ2) is 8.78. The van der Waals surface area contributed by atoms with Crippen molar-refractivity contribution in [2.45, 2.75) is 18.3 Å². The molecule has 0 bridgehead atoms. The van der Waals surface area contributed by atoms with E-state index in [0.29, 0.717) is 12.8 Å². The molecule has 0 fully saturated rings. The molecule has 1 aliphatic carbocycles. The van der Waals surface area contributed by atoms with Crippen LogP contribution in [0.25, 0.3) is 0 Å². The van der Waals surface area contributed by atoms with Crippen molar-refractivity contribution in [3.8, 4) is 0 Å². The van der Waals surface area contributed by atoms with E-state index in [2.05, 4.69) is 60.7 Å². The van der Waals surface area contributed by atoms with E-state index in [0.717, 1.165) is 44.5 Å².